The van der Waals surface area contributed by atoms with E-state index in [0.717, 1.165) is 45.7 Å². The van der Waals surface area contributed by atoms with Gasteiger partial charge in [-0.1, -0.05) is 19.8 Å². The second kappa shape index (κ2) is 5.28. The summed E-state index contributed by atoms with van der Waals surface area (Å²) in [6.07, 6.45) is 5.90. The van der Waals surface area contributed by atoms with E-state index < -0.39 is 0 Å². The molecular formula is C13H23NO2. The van der Waals surface area contributed by atoms with Crippen molar-refractivity contribution < 1.29 is 9.53 Å². The fourth-order valence-electron chi connectivity index (χ4n) is 3.19. The molecule has 0 aromatic carbocycles. The van der Waals surface area contributed by atoms with Crippen LogP contribution in [0.1, 0.15) is 32.6 Å². The van der Waals surface area contributed by atoms with Crippen molar-refractivity contribution in [1.29, 1.82) is 0 Å². The van der Waals surface area contributed by atoms with Crippen LogP contribution >= 0.6 is 0 Å². The molecule has 92 valence electrons. The molecule has 3 heteroatoms. The van der Waals surface area contributed by atoms with E-state index in [-0.39, 0.29) is 5.41 Å². The van der Waals surface area contributed by atoms with Gasteiger partial charge >= 0.3 is 0 Å². The molecular weight excluding hydrogens is 202 g/mol. The van der Waals surface area contributed by atoms with Gasteiger partial charge in [-0.2, -0.15) is 0 Å². The molecule has 1 heterocycles. The number of carbonyl (C=O) groups excluding carboxylic acids is 1. The van der Waals surface area contributed by atoms with E-state index in [1.54, 1.807) is 0 Å². The number of carbonyl (C=O) groups is 1. The molecule has 0 bridgehead atoms. The van der Waals surface area contributed by atoms with Crippen LogP contribution < -0.4 is 0 Å². The van der Waals surface area contributed by atoms with Gasteiger partial charge in [-0.3, -0.25) is 4.90 Å². The number of ether oxygens (including phenoxy) is 1. The number of nitrogens with zero attached hydrogens (tertiary/aromatic N) is 1. The Bertz CT molecular complexity index is 238. The molecule has 0 spiro atoms. The van der Waals surface area contributed by atoms with Crippen molar-refractivity contribution in [3.05, 3.63) is 0 Å². The molecule has 0 radical (unpaired) electrons. The largest absolute Gasteiger partial charge is 0.379 e. The number of hydrogen-bond donors (Lipinski definition) is 0. The van der Waals surface area contributed by atoms with Crippen LogP contribution in [0.25, 0.3) is 0 Å². The lowest BCUT2D eigenvalue weighted by Gasteiger charge is -2.40. The lowest BCUT2D eigenvalue weighted by molar-refractivity contribution is -0.121. The summed E-state index contributed by atoms with van der Waals surface area (Å²) < 4.78 is 5.35. The minimum absolute atomic E-state index is 0.0605. The average molecular weight is 225 g/mol. The summed E-state index contributed by atoms with van der Waals surface area (Å²) in [4.78, 5) is 13.8. The first-order valence-corrected chi connectivity index (χ1v) is 6.50. The van der Waals surface area contributed by atoms with Crippen molar-refractivity contribution in [1.82, 2.24) is 4.90 Å². The van der Waals surface area contributed by atoms with E-state index in [4.69, 9.17) is 4.74 Å². The molecule has 2 aliphatic rings. The Kier molecular flexibility index (Phi) is 3.98. The predicted molar refractivity (Wildman–Crippen MR) is 63.4 cm³/mol. The SMILES string of the molecule is CC1CCCC(C=O)(CN2CCOCC2)C1. The molecule has 1 saturated carbocycles. The zero-order valence-corrected chi connectivity index (χ0v) is 10.3. The second-order valence-electron chi connectivity index (χ2n) is 5.57. The normalized spacial score (nSPS) is 37.2. The van der Waals surface area contributed by atoms with Crippen molar-refractivity contribution in [2.24, 2.45) is 11.3 Å². The van der Waals surface area contributed by atoms with Crippen molar-refractivity contribution in [3.63, 3.8) is 0 Å². The topological polar surface area (TPSA) is 29.5 Å². The zero-order valence-electron chi connectivity index (χ0n) is 10.3. The van der Waals surface area contributed by atoms with Crippen LogP contribution in [0.2, 0.25) is 0 Å². The van der Waals surface area contributed by atoms with Crippen molar-refractivity contribution in [3.8, 4) is 0 Å². The van der Waals surface area contributed by atoms with E-state index in [2.05, 4.69) is 11.8 Å². The number of rotatable bonds is 3. The first-order valence-electron chi connectivity index (χ1n) is 6.50. The van der Waals surface area contributed by atoms with Crippen molar-refractivity contribution >= 4 is 6.29 Å². The third-order valence-corrected chi connectivity index (χ3v) is 4.02. The van der Waals surface area contributed by atoms with Crippen molar-refractivity contribution in [2.75, 3.05) is 32.8 Å². The summed E-state index contributed by atoms with van der Waals surface area (Å²) in [6, 6.07) is 0. The predicted octanol–water partition coefficient (Wildman–Crippen LogP) is 1.71. The first kappa shape index (κ1) is 12.1. The van der Waals surface area contributed by atoms with Gasteiger partial charge in [-0.25, -0.2) is 0 Å². The minimum Gasteiger partial charge on any atom is -0.379 e. The van der Waals surface area contributed by atoms with Gasteiger partial charge in [-0.15, -0.1) is 0 Å². The Balaban J connectivity index is 1.94. The van der Waals surface area contributed by atoms with E-state index in [1.807, 2.05) is 0 Å². The molecule has 0 aromatic rings. The van der Waals surface area contributed by atoms with E-state index in [1.165, 1.54) is 19.1 Å². The standard InChI is InChI=1S/C13H23NO2/c1-12-3-2-4-13(9-12,11-15)10-14-5-7-16-8-6-14/h11-12H,2-10H2,1H3. The van der Waals surface area contributed by atoms with Crippen molar-refractivity contribution in [2.45, 2.75) is 32.6 Å². The maximum Gasteiger partial charge on any atom is 0.127 e. The molecule has 1 aliphatic carbocycles. The molecule has 1 aliphatic heterocycles. The number of hydrogen-bond acceptors (Lipinski definition) is 3. The van der Waals surface area contributed by atoms with Gasteiger partial charge < -0.3 is 9.53 Å². The van der Waals surface area contributed by atoms with Gasteiger partial charge in [-0.05, 0) is 18.8 Å². The Morgan fingerprint density at radius 2 is 2.19 bits per heavy atom. The van der Waals surface area contributed by atoms with Crippen LogP contribution in [0.15, 0.2) is 0 Å². The highest BCUT2D eigenvalue weighted by Crippen LogP contribution is 2.38. The molecule has 3 nitrogen and oxygen atoms in total. The molecule has 16 heavy (non-hydrogen) atoms. The molecule has 1 saturated heterocycles. The maximum absolute atomic E-state index is 11.4. The van der Waals surface area contributed by atoms with Gasteiger partial charge in [0.25, 0.3) is 0 Å². The summed E-state index contributed by atoms with van der Waals surface area (Å²) >= 11 is 0. The minimum atomic E-state index is -0.0605. The fourth-order valence-corrected chi connectivity index (χ4v) is 3.19. The summed E-state index contributed by atoms with van der Waals surface area (Å²) in [5.41, 5.74) is -0.0605. The Labute approximate surface area is 98.1 Å². The molecule has 2 atom stereocenters. The molecule has 2 fully saturated rings. The highest BCUT2D eigenvalue weighted by molar-refractivity contribution is 5.60. The molecule has 0 amide bonds. The van der Waals surface area contributed by atoms with Crippen LogP contribution in [-0.4, -0.2) is 44.0 Å². The van der Waals surface area contributed by atoms with E-state index in [9.17, 15) is 4.79 Å². The van der Waals surface area contributed by atoms with Gasteiger partial charge in [0.1, 0.15) is 6.29 Å². The second-order valence-corrected chi connectivity index (χ2v) is 5.57. The summed E-state index contributed by atoms with van der Waals surface area (Å²) in [5.74, 6) is 0.708. The summed E-state index contributed by atoms with van der Waals surface area (Å²) in [7, 11) is 0. The lowest BCUT2D eigenvalue weighted by atomic mass is 9.70. The van der Waals surface area contributed by atoms with Gasteiger partial charge in [0.15, 0.2) is 0 Å². The van der Waals surface area contributed by atoms with Gasteiger partial charge in [0.05, 0.1) is 13.2 Å². The Morgan fingerprint density at radius 3 is 2.81 bits per heavy atom. The summed E-state index contributed by atoms with van der Waals surface area (Å²) in [5, 5.41) is 0. The van der Waals surface area contributed by atoms with Crippen LogP contribution in [0.4, 0.5) is 0 Å². The number of morpholine rings is 1. The zero-order chi connectivity index (χ0) is 11.4. The van der Waals surface area contributed by atoms with E-state index >= 15 is 0 Å². The third kappa shape index (κ3) is 2.83. The smallest absolute Gasteiger partial charge is 0.127 e. The fraction of sp³-hybridized carbons (Fsp3) is 0.923. The maximum atomic E-state index is 11.4. The molecule has 0 aromatic heterocycles. The van der Waals surface area contributed by atoms with Crippen LogP contribution in [-0.2, 0) is 9.53 Å². The number of aldehydes is 1. The molecule has 0 N–H and O–H groups in total. The highest BCUT2D eigenvalue weighted by Gasteiger charge is 2.36. The van der Waals surface area contributed by atoms with Crippen LogP contribution in [0.5, 0.6) is 0 Å². The summed E-state index contributed by atoms with van der Waals surface area (Å²) in [6.45, 7) is 6.85. The Hall–Kier alpha value is -0.410. The van der Waals surface area contributed by atoms with Gasteiger partial charge in [0, 0.05) is 25.0 Å². The monoisotopic (exact) mass is 225 g/mol. The Morgan fingerprint density at radius 1 is 1.44 bits per heavy atom. The lowest BCUT2D eigenvalue weighted by Crippen LogP contribution is -2.46. The molecule has 2 unspecified atom stereocenters. The third-order valence-electron chi connectivity index (χ3n) is 4.02. The quantitative estimate of drug-likeness (QED) is 0.685. The van der Waals surface area contributed by atoms with Crippen LogP contribution in [0, 0.1) is 11.3 Å². The first-order chi connectivity index (χ1) is 7.74. The molecule has 2 rings (SSSR count). The highest BCUT2D eigenvalue weighted by atomic mass is 16.5. The van der Waals surface area contributed by atoms with Crippen LogP contribution in [0.3, 0.4) is 0 Å². The van der Waals surface area contributed by atoms with E-state index in [0.29, 0.717) is 5.92 Å². The average Bonchev–Trinajstić information content (AvgIpc) is 2.30. The van der Waals surface area contributed by atoms with Gasteiger partial charge in [0.2, 0.25) is 0 Å².